The first kappa shape index (κ1) is 20.5. The summed E-state index contributed by atoms with van der Waals surface area (Å²) in [5.74, 6) is 1.58. The lowest BCUT2D eigenvalue weighted by atomic mass is 9.93. The summed E-state index contributed by atoms with van der Waals surface area (Å²) in [5.41, 5.74) is 1.85. The molecule has 1 saturated heterocycles. The second kappa shape index (κ2) is 8.96. The molecule has 0 unspecified atom stereocenters. The summed E-state index contributed by atoms with van der Waals surface area (Å²) in [6.45, 7) is 9.40. The van der Waals surface area contributed by atoms with E-state index in [0.29, 0.717) is 6.42 Å². The van der Waals surface area contributed by atoms with Gasteiger partial charge in [-0.15, -0.1) is 0 Å². The van der Waals surface area contributed by atoms with Crippen LogP contribution < -0.4 is 19.7 Å². The van der Waals surface area contributed by atoms with Crippen LogP contribution in [0.3, 0.4) is 0 Å². The molecule has 4 rings (SSSR count). The second-order valence-electron chi connectivity index (χ2n) is 8.51. The predicted molar refractivity (Wildman–Crippen MR) is 118 cm³/mol. The van der Waals surface area contributed by atoms with Crippen LogP contribution in [0.2, 0.25) is 0 Å². The van der Waals surface area contributed by atoms with Crippen LogP contribution in [0.5, 0.6) is 11.5 Å². The molecular formula is C24H31N3O3. The second-order valence-corrected chi connectivity index (χ2v) is 8.51. The lowest BCUT2D eigenvalue weighted by Crippen LogP contribution is -2.47. The zero-order chi connectivity index (χ0) is 21.0. The largest absolute Gasteiger partial charge is 0.454 e. The molecule has 0 spiro atoms. The van der Waals surface area contributed by atoms with Gasteiger partial charge in [0, 0.05) is 38.3 Å². The van der Waals surface area contributed by atoms with E-state index in [1.165, 1.54) is 5.69 Å². The van der Waals surface area contributed by atoms with E-state index in [1.54, 1.807) is 0 Å². The minimum absolute atomic E-state index is 0.0839. The van der Waals surface area contributed by atoms with Crippen molar-refractivity contribution in [1.29, 1.82) is 0 Å². The molecule has 0 aliphatic carbocycles. The van der Waals surface area contributed by atoms with Crippen LogP contribution in [0, 0.1) is 0 Å². The zero-order valence-electron chi connectivity index (χ0n) is 17.9. The lowest BCUT2D eigenvalue weighted by molar-refractivity contribution is -0.123. The molecule has 1 N–H and O–H groups in total. The van der Waals surface area contributed by atoms with Crippen LogP contribution in [0.4, 0.5) is 5.69 Å². The van der Waals surface area contributed by atoms with Crippen molar-refractivity contribution in [3.05, 3.63) is 54.1 Å². The van der Waals surface area contributed by atoms with Gasteiger partial charge >= 0.3 is 0 Å². The maximum absolute atomic E-state index is 12.6. The van der Waals surface area contributed by atoms with Crippen molar-refractivity contribution < 1.29 is 14.3 Å². The zero-order valence-corrected chi connectivity index (χ0v) is 17.9. The molecule has 2 aromatic rings. The maximum Gasteiger partial charge on any atom is 0.231 e. The molecule has 1 amide bonds. The van der Waals surface area contributed by atoms with Crippen LogP contribution in [0.1, 0.15) is 32.3 Å². The summed E-state index contributed by atoms with van der Waals surface area (Å²) in [7, 11) is 0. The number of anilines is 1. The van der Waals surface area contributed by atoms with Gasteiger partial charge in [-0.1, -0.05) is 24.3 Å². The Kier molecular flexibility index (Phi) is 6.13. The van der Waals surface area contributed by atoms with E-state index >= 15 is 0 Å². The van der Waals surface area contributed by atoms with Crippen LogP contribution in [0.15, 0.2) is 48.5 Å². The third-order valence-electron chi connectivity index (χ3n) is 5.92. The molecule has 1 fully saturated rings. The number of hydrogen-bond donors (Lipinski definition) is 1. The number of rotatable bonds is 7. The Balaban J connectivity index is 1.20. The molecule has 2 aliphatic rings. The smallest absolute Gasteiger partial charge is 0.231 e. The predicted octanol–water partition coefficient (Wildman–Crippen LogP) is 3.37. The molecule has 160 valence electrons. The van der Waals surface area contributed by atoms with E-state index in [1.807, 2.05) is 32.0 Å². The average Bonchev–Trinajstić information content (AvgIpc) is 3.22. The number of fused-ring (bicyclic) bond motifs is 1. The first-order valence-corrected chi connectivity index (χ1v) is 10.7. The maximum atomic E-state index is 12.6. The number of ether oxygens (including phenoxy) is 2. The highest BCUT2D eigenvalue weighted by Gasteiger charge is 2.25. The fraction of sp³-hybridized carbons (Fsp3) is 0.458. The average molecular weight is 410 g/mol. The van der Waals surface area contributed by atoms with Gasteiger partial charge in [0.1, 0.15) is 0 Å². The standard InChI is InChI=1S/C24H31N3O3/c1-24(2,19-10-11-21-22(17-19)30-18-29-21)25-23(28)9-6-12-26-13-15-27(16-14-26)20-7-4-3-5-8-20/h3-5,7-8,10-11,17H,6,9,12-16,18H2,1-2H3,(H,25,28). The van der Waals surface area contributed by atoms with Crippen molar-refractivity contribution in [3.63, 3.8) is 0 Å². The van der Waals surface area contributed by atoms with Crippen molar-refractivity contribution in [2.45, 2.75) is 32.2 Å². The molecule has 0 radical (unpaired) electrons. The molecular weight excluding hydrogens is 378 g/mol. The highest BCUT2D eigenvalue weighted by atomic mass is 16.7. The minimum Gasteiger partial charge on any atom is -0.454 e. The van der Waals surface area contributed by atoms with E-state index in [-0.39, 0.29) is 12.7 Å². The third kappa shape index (κ3) is 4.87. The van der Waals surface area contributed by atoms with Crippen LogP contribution in [-0.2, 0) is 10.3 Å². The fourth-order valence-electron chi connectivity index (χ4n) is 4.10. The van der Waals surface area contributed by atoms with Crippen LogP contribution in [0.25, 0.3) is 0 Å². The summed E-state index contributed by atoms with van der Waals surface area (Å²) >= 11 is 0. The summed E-state index contributed by atoms with van der Waals surface area (Å²) in [6.07, 6.45) is 1.40. The number of nitrogens with one attached hydrogen (secondary N) is 1. The monoisotopic (exact) mass is 409 g/mol. The Morgan fingerprint density at radius 2 is 1.73 bits per heavy atom. The number of nitrogens with zero attached hydrogens (tertiary/aromatic N) is 2. The van der Waals surface area contributed by atoms with Gasteiger partial charge in [-0.25, -0.2) is 0 Å². The van der Waals surface area contributed by atoms with Gasteiger partial charge in [0.2, 0.25) is 12.7 Å². The first-order valence-electron chi connectivity index (χ1n) is 10.7. The van der Waals surface area contributed by atoms with Crippen LogP contribution in [-0.4, -0.2) is 50.3 Å². The van der Waals surface area contributed by atoms with Gasteiger partial charge in [0.05, 0.1) is 5.54 Å². The number of benzene rings is 2. The summed E-state index contributed by atoms with van der Waals surface area (Å²) in [5, 5.41) is 3.17. The van der Waals surface area contributed by atoms with Crippen molar-refractivity contribution >= 4 is 11.6 Å². The highest BCUT2D eigenvalue weighted by molar-refractivity contribution is 5.77. The molecule has 2 aromatic carbocycles. The van der Waals surface area contributed by atoms with Crippen molar-refractivity contribution in [1.82, 2.24) is 10.2 Å². The normalized spacial score (nSPS) is 16.5. The number of piperazine rings is 1. The number of amides is 1. The van der Waals surface area contributed by atoms with E-state index < -0.39 is 5.54 Å². The van der Waals surface area contributed by atoms with E-state index in [4.69, 9.17) is 9.47 Å². The Morgan fingerprint density at radius 1 is 1.00 bits per heavy atom. The third-order valence-corrected chi connectivity index (χ3v) is 5.92. The van der Waals surface area contributed by atoms with Crippen molar-refractivity contribution in [3.8, 4) is 11.5 Å². The molecule has 2 heterocycles. The Morgan fingerprint density at radius 3 is 2.50 bits per heavy atom. The van der Waals surface area contributed by atoms with Crippen molar-refractivity contribution in [2.24, 2.45) is 0 Å². The van der Waals surface area contributed by atoms with Gasteiger partial charge in [-0.05, 0) is 56.6 Å². The van der Waals surface area contributed by atoms with E-state index in [9.17, 15) is 4.79 Å². The number of para-hydroxylation sites is 1. The van der Waals surface area contributed by atoms with E-state index in [2.05, 4.69) is 45.4 Å². The highest BCUT2D eigenvalue weighted by Crippen LogP contribution is 2.35. The summed E-state index contributed by atoms with van der Waals surface area (Å²) in [4.78, 5) is 17.4. The molecule has 0 bridgehead atoms. The number of carbonyl (C=O) groups is 1. The summed E-state index contributed by atoms with van der Waals surface area (Å²) in [6, 6.07) is 16.4. The molecule has 2 aliphatic heterocycles. The summed E-state index contributed by atoms with van der Waals surface area (Å²) < 4.78 is 10.8. The van der Waals surface area contributed by atoms with Crippen LogP contribution >= 0.6 is 0 Å². The van der Waals surface area contributed by atoms with Gasteiger partial charge < -0.3 is 19.7 Å². The Labute approximate surface area is 178 Å². The molecule has 6 heteroatoms. The molecule has 0 aromatic heterocycles. The van der Waals surface area contributed by atoms with E-state index in [0.717, 1.165) is 56.2 Å². The molecule has 6 nitrogen and oxygen atoms in total. The first-order chi connectivity index (χ1) is 14.5. The van der Waals surface area contributed by atoms with Gasteiger partial charge in [0.25, 0.3) is 0 Å². The Hall–Kier alpha value is -2.73. The SMILES string of the molecule is CC(C)(NC(=O)CCCN1CCN(c2ccccc2)CC1)c1ccc2c(c1)OCO2. The molecule has 30 heavy (non-hydrogen) atoms. The molecule has 0 atom stereocenters. The van der Waals surface area contributed by atoms with Crippen molar-refractivity contribution in [2.75, 3.05) is 44.4 Å². The van der Waals surface area contributed by atoms with Gasteiger partial charge in [-0.2, -0.15) is 0 Å². The number of hydrogen-bond acceptors (Lipinski definition) is 5. The lowest BCUT2D eigenvalue weighted by Gasteiger charge is -2.36. The Bertz CT molecular complexity index is 861. The molecule has 0 saturated carbocycles. The minimum atomic E-state index is -0.459. The topological polar surface area (TPSA) is 54.0 Å². The van der Waals surface area contributed by atoms with Gasteiger partial charge in [-0.3, -0.25) is 9.69 Å². The quantitative estimate of drug-likeness (QED) is 0.760. The number of carbonyl (C=O) groups excluding carboxylic acids is 1. The van der Waals surface area contributed by atoms with Gasteiger partial charge in [0.15, 0.2) is 11.5 Å². The fourth-order valence-corrected chi connectivity index (χ4v) is 4.10.